The number of aliphatic imine (C=N–C) groups is 2. The smallest absolute Gasteiger partial charge is 0.243 e. The van der Waals surface area contributed by atoms with Gasteiger partial charge in [0.15, 0.2) is 23.4 Å². The van der Waals surface area contributed by atoms with Gasteiger partial charge in [0.1, 0.15) is 42.2 Å². The Balaban J connectivity index is 1.53. The van der Waals surface area contributed by atoms with E-state index in [1.165, 1.54) is 13.2 Å². The van der Waals surface area contributed by atoms with Gasteiger partial charge in [-0.15, -0.1) is 0 Å². The molecule has 0 saturated carbocycles. The second-order valence-corrected chi connectivity index (χ2v) is 12.5. The molecule has 0 aromatic heterocycles. The normalized spacial score (nSPS) is 23.4. The highest BCUT2D eigenvalue weighted by atomic mass is 16.7. The maximum atomic E-state index is 13.9. The molecule has 0 spiro atoms. The van der Waals surface area contributed by atoms with E-state index in [0.717, 1.165) is 0 Å². The molecule has 2 aromatic rings. The Morgan fingerprint density at radius 1 is 0.887 bits per heavy atom. The third kappa shape index (κ3) is 11.2. The van der Waals surface area contributed by atoms with E-state index in [-0.39, 0.29) is 29.5 Å². The van der Waals surface area contributed by atoms with E-state index in [9.17, 15) is 30.0 Å². The number of nitrogens with two attached hydrogens (primary N) is 4. The molecule has 290 valence electrons. The molecule has 0 aliphatic carbocycles. The maximum absolute atomic E-state index is 13.9. The molecule has 1 fully saturated rings. The summed E-state index contributed by atoms with van der Waals surface area (Å²) in [7, 11) is 1.48. The van der Waals surface area contributed by atoms with Crippen LogP contribution in [0, 0.1) is 0 Å². The summed E-state index contributed by atoms with van der Waals surface area (Å²) >= 11 is 0. The molecule has 2 aliphatic heterocycles. The summed E-state index contributed by atoms with van der Waals surface area (Å²) in [5.74, 6) is -0.446. The molecular formula is C35H50N8O10. The van der Waals surface area contributed by atoms with Gasteiger partial charge in [-0.2, -0.15) is 0 Å². The molecule has 18 heteroatoms. The molecule has 2 aromatic carbocycles. The lowest BCUT2D eigenvalue weighted by molar-refractivity contribution is -0.277. The van der Waals surface area contributed by atoms with Gasteiger partial charge in [-0.1, -0.05) is 12.1 Å². The van der Waals surface area contributed by atoms with Crippen molar-refractivity contribution >= 4 is 29.8 Å². The highest BCUT2D eigenvalue weighted by Gasteiger charge is 2.45. The molecule has 2 heterocycles. The molecule has 14 N–H and O–H groups in total. The van der Waals surface area contributed by atoms with Crippen LogP contribution in [0.5, 0.6) is 17.2 Å². The van der Waals surface area contributed by atoms with Gasteiger partial charge >= 0.3 is 0 Å². The molecule has 0 unspecified atom stereocenters. The van der Waals surface area contributed by atoms with Crippen molar-refractivity contribution < 1.29 is 49.0 Å². The van der Waals surface area contributed by atoms with Gasteiger partial charge in [-0.25, -0.2) is 0 Å². The zero-order valence-corrected chi connectivity index (χ0v) is 29.5. The summed E-state index contributed by atoms with van der Waals surface area (Å²) in [5.41, 5.74) is 23.2. The number of nitrogens with zero attached hydrogens (tertiary/aromatic N) is 2. The second kappa shape index (κ2) is 19.6. The minimum atomic E-state index is -1.60. The van der Waals surface area contributed by atoms with Crippen molar-refractivity contribution in [2.45, 2.75) is 68.4 Å². The zero-order valence-electron chi connectivity index (χ0n) is 29.5. The molecule has 2 aliphatic rings. The number of nitrogens with one attached hydrogen (secondary N) is 2. The standard InChI is InChI=1S/C35H50N8O10/c1-50-23-17-19(6-11-25(45)40-12-2-4-14-42-34(36)37)16-22-26(32(49)41-13-3-5-15-43-35(38)39)30(53-31(22)23)20-7-9-21(10-8-20)51-33-29(48)28(47)27(46)24(18-44)52-33/h6-11,16-17,24,26-30,33,44,46-48H,2-5,12-15,18H2,1H3,(H,40,45)(H,41,49)(H4,36,37,42)(H4,38,39,43)/b11-6+/t24-,26+,27-,28+,29-,30-,33-/m1/s1. The zero-order chi connectivity index (χ0) is 38.5. The minimum absolute atomic E-state index is 0.00278. The monoisotopic (exact) mass is 742 g/mol. The van der Waals surface area contributed by atoms with Crippen molar-refractivity contribution in [2.24, 2.45) is 32.9 Å². The van der Waals surface area contributed by atoms with Crippen LogP contribution >= 0.6 is 0 Å². The third-order valence-electron chi connectivity index (χ3n) is 8.58. The highest BCUT2D eigenvalue weighted by Crippen LogP contribution is 2.51. The number of unbranched alkanes of at least 4 members (excludes halogenated alkanes) is 2. The predicted molar refractivity (Wildman–Crippen MR) is 195 cm³/mol. The van der Waals surface area contributed by atoms with Crippen LogP contribution in [-0.2, 0) is 14.3 Å². The number of guanidine groups is 2. The predicted octanol–water partition coefficient (Wildman–Crippen LogP) is -1.56. The molecule has 53 heavy (non-hydrogen) atoms. The number of hydrogen-bond donors (Lipinski definition) is 10. The molecule has 2 amide bonds. The number of aliphatic hydroxyl groups excluding tert-OH is 4. The molecular weight excluding hydrogens is 692 g/mol. The van der Waals surface area contributed by atoms with Crippen LogP contribution in [-0.4, -0.2) is 115 Å². The van der Waals surface area contributed by atoms with Gasteiger partial charge in [0.25, 0.3) is 0 Å². The summed E-state index contributed by atoms with van der Waals surface area (Å²) in [4.78, 5) is 34.3. The Morgan fingerprint density at radius 3 is 2.13 bits per heavy atom. The fourth-order valence-electron chi connectivity index (χ4n) is 5.84. The Kier molecular flexibility index (Phi) is 15.0. The summed E-state index contributed by atoms with van der Waals surface area (Å²) in [5, 5.41) is 45.9. The number of aliphatic hydroxyl groups is 4. The van der Waals surface area contributed by atoms with Crippen molar-refractivity contribution in [3.05, 3.63) is 59.2 Å². The second-order valence-electron chi connectivity index (χ2n) is 12.5. The number of carbonyl (C=O) groups is 2. The minimum Gasteiger partial charge on any atom is -0.493 e. The summed E-state index contributed by atoms with van der Waals surface area (Å²) in [6.45, 7) is 1.09. The first-order chi connectivity index (χ1) is 25.4. The fraction of sp³-hybridized carbons (Fsp3) is 0.486. The summed E-state index contributed by atoms with van der Waals surface area (Å²) in [6, 6.07) is 9.99. The van der Waals surface area contributed by atoms with Crippen LogP contribution in [0.1, 0.15) is 54.4 Å². The molecule has 0 bridgehead atoms. The van der Waals surface area contributed by atoms with E-state index >= 15 is 0 Å². The van der Waals surface area contributed by atoms with Gasteiger partial charge in [-0.05, 0) is 67.2 Å². The summed E-state index contributed by atoms with van der Waals surface area (Å²) < 4.78 is 23.3. The van der Waals surface area contributed by atoms with Gasteiger partial charge in [0, 0.05) is 37.8 Å². The average Bonchev–Trinajstić information content (AvgIpc) is 3.53. The molecule has 4 rings (SSSR count). The topological polar surface area (TPSA) is 305 Å². The largest absolute Gasteiger partial charge is 0.493 e. The molecule has 1 saturated heterocycles. The van der Waals surface area contributed by atoms with Gasteiger partial charge < -0.3 is 72.9 Å². The van der Waals surface area contributed by atoms with Gasteiger partial charge in [0.05, 0.1) is 13.7 Å². The van der Waals surface area contributed by atoms with Crippen LogP contribution in [0.4, 0.5) is 0 Å². The number of benzene rings is 2. The first-order valence-corrected chi connectivity index (χ1v) is 17.2. The van der Waals surface area contributed by atoms with Crippen molar-refractivity contribution in [3.63, 3.8) is 0 Å². The van der Waals surface area contributed by atoms with Crippen LogP contribution in [0.25, 0.3) is 6.08 Å². The first-order valence-electron chi connectivity index (χ1n) is 17.2. The van der Waals surface area contributed by atoms with E-state index in [1.54, 1.807) is 42.5 Å². The number of rotatable bonds is 18. The summed E-state index contributed by atoms with van der Waals surface area (Å²) in [6.07, 6.45) is -2.34. The Morgan fingerprint density at radius 2 is 1.53 bits per heavy atom. The van der Waals surface area contributed by atoms with E-state index in [4.69, 9.17) is 41.9 Å². The average molecular weight is 743 g/mol. The lowest BCUT2D eigenvalue weighted by Gasteiger charge is -2.39. The van der Waals surface area contributed by atoms with Crippen LogP contribution < -0.4 is 47.8 Å². The number of amides is 2. The Labute approximate surface area is 306 Å². The lowest BCUT2D eigenvalue weighted by atomic mass is 9.89. The van der Waals surface area contributed by atoms with Crippen LogP contribution in [0.15, 0.2) is 52.5 Å². The molecule has 7 atom stereocenters. The Hall–Kier alpha value is -5.14. The van der Waals surface area contributed by atoms with E-state index in [0.29, 0.717) is 80.1 Å². The highest BCUT2D eigenvalue weighted by molar-refractivity contribution is 5.92. The van der Waals surface area contributed by atoms with E-state index in [1.807, 2.05) is 0 Å². The Bertz CT molecular complexity index is 1610. The first kappa shape index (κ1) is 40.6. The van der Waals surface area contributed by atoms with Crippen molar-refractivity contribution in [3.8, 4) is 17.2 Å². The van der Waals surface area contributed by atoms with Crippen molar-refractivity contribution in [2.75, 3.05) is 39.9 Å². The number of fused-ring (bicyclic) bond motifs is 1. The number of carbonyl (C=O) groups excluding carboxylic acids is 2. The van der Waals surface area contributed by atoms with Crippen molar-refractivity contribution in [1.29, 1.82) is 0 Å². The van der Waals surface area contributed by atoms with Crippen molar-refractivity contribution in [1.82, 2.24) is 10.6 Å². The van der Waals surface area contributed by atoms with Crippen LogP contribution in [0.3, 0.4) is 0 Å². The van der Waals surface area contributed by atoms with Gasteiger partial charge in [-0.3, -0.25) is 19.6 Å². The molecule has 0 radical (unpaired) electrons. The third-order valence-corrected chi connectivity index (χ3v) is 8.58. The fourth-order valence-corrected chi connectivity index (χ4v) is 5.84. The van der Waals surface area contributed by atoms with E-state index in [2.05, 4.69) is 20.6 Å². The number of ether oxygens (including phenoxy) is 4. The van der Waals surface area contributed by atoms with Gasteiger partial charge in [0.2, 0.25) is 18.1 Å². The quantitative estimate of drug-likeness (QED) is 0.0358. The van der Waals surface area contributed by atoms with Crippen LogP contribution in [0.2, 0.25) is 0 Å². The number of methoxy groups -OCH3 is 1. The SMILES string of the molecule is COc1cc(/C=C/C(=O)NCCCCN=C(N)N)cc2c1O[C@H](c1ccc(O[C@@H]3O[C@H](CO)[C@@H](O)[C@H](O)[C@H]3O)cc1)[C@H]2C(=O)NCCCCN=C(N)N. The lowest BCUT2D eigenvalue weighted by Crippen LogP contribution is -2.60. The number of hydrogen-bond acceptors (Lipinski definition) is 12. The maximum Gasteiger partial charge on any atom is 0.243 e. The molecule has 18 nitrogen and oxygen atoms in total. The van der Waals surface area contributed by atoms with E-state index < -0.39 is 49.3 Å².